The van der Waals surface area contributed by atoms with Crippen LogP contribution < -0.4 is 15.6 Å². The van der Waals surface area contributed by atoms with Gasteiger partial charge < -0.3 is 20.4 Å². The van der Waals surface area contributed by atoms with Crippen molar-refractivity contribution >= 4 is 17.3 Å². The molecule has 8 nitrogen and oxygen atoms in total. The average molecular weight is 505 g/mol. The van der Waals surface area contributed by atoms with Crippen molar-refractivity contribution < 1.29 is 28.6 Å². The van der Waals surface area contributed by atoms with Crippen LogP contribution in [0.1, 0.15) is 28.5 Å². The molecule has 4 rings (SSSR count). The van der Waals surface area contributed by atoms with Gasteiger partial charge in [0.05, 0.1) is 5.71 Å². The van der Waals surface area contributed by atoms with E-state index in [0.29, 0.717) is 11.4 Å². The Morgan fingerprint density at radius 1 is 0.973 bits per heavy atom. The minimum Gasteiger partial charge on any atom is -0.507 e. The molecule has 1 aromatic heterocycles. The lowest BCUT2D eigenvalue weighted by Gasteiger charge is -2.13. The number of nitrogens with zero attached hydrogens (tertiary/aromatic N) is 2. The highest BCUT2D eigenvalue weighted by Crippen LogP contribution is 2.30. The molecular weight excluding hydrogens is 484 g/mol. The number of aryl methyl sites for hydroxylation is 1. The number of rotatable bonds is 6. The number of phenols is 1. The highest BCUT2D eigenvalue weighted by Gasteiger charge is 2.17. The zero-order valence-corrected chi connectivity index (χ0v) is 19.7. The molecule has 3 aromatic carbocycles. The molecule has 0 saturated carbocycles. The summed E-state index contributed by atoms with van der Waals surface area (Å²) in [6, 6.07) is 16.0. The summed E-state index contributed by atoms with van der Waals surface area (Å²) in [5.74, 6) is -2.15. The Morgan fingerprint density at radius 3 is 2.38 bits per heavy atom. The molecular formula is C27H21F2N3O5. The van der Waals surface area contributed by atoms with E-state index in [4.69, 9.17) is 9.94 Å². The second kappa shape index (κ2) is 10.3. The van der Waals surface area contributed by atoms with Crippen LogP contribution in [-0.2, 0) is 0 Å². The Hall–Kier alpha value is -4.99. The maximum Gasteiger partial charge on any atom is 0.268 e. The number of hydrogen-bond donors (Lipinski definition) is 3. The van der Waals surface area contributed by atoms with Gasteiger partial charge in [-0.3, -0.25) is 14.2 Å². The van der Waals surface area contributed by atoms with Crippen molar-refractivity contribution in [2.45, 2.75) is 13.8 Å². The number of carbonyl (C=O) groups is 1. The maximum absolute atomic E-state index is 14.8. The van der Waals surface area contributed by atoms with E-state index < -0.39 is 23.1 Å². The first-order chi connectivity index (χ1) is 17.7. The van der Waals surface area contributed by atoms with Crippen LogP contribution in [-0.4, -0.2) is 26.5 Å². The number of hydrogen-bond acceptors (Lipinski definition) is 6. The standard InChI is InChI=1S/C27H21F2N3O5/c1-15-3-10-21(27(35)32(15)19-7-4-17(28)5-8-19)26(34)30-18-6-12-25(23(29)13-18)37-20-9-11-24(33)22(14-20)16(2)31-36/h3-14,33,36H,1-2H3,(H,30,34)/b31-16+. The highest BCUT2D eigenvalue weighted by molar-refractivity contribution is 6.04. The van der Waals surface area contributed by atoms with Gasteiger partial charge in [-0.05, 0) is 80.6 Å². The van der Waals surface area contributed by atoms with E-state index in [1.165, 1.54) is 72.2 Å². The van der Waals surface area contributed by atoms with Gasteiger partial charge in [-0.25, -0.2) is 8.78 Å². The molecule has 1 amide bonds. The van der Waals surface area contributed by atoms with Crippen molar-refractivity contribution in [3.8, 4) is 22.9 Å². The molecule has 0 aliphatic carbocycles. The summed E-state index contributed by atoms with van der Waals surface area (Å²) >= 11 is 0. The molecule has 0 radical (unpaired) electrons. The second-order valence-corrected chi connectivity index (χ2v) is 8.07. The molecule has 0 aliphatic rings. The fourth-order valence-electron chi connectivity index (χ4n) is 3.62. The van der Waals surface area contributed by atoms with Gasteiger partial charge in [0.25, 0.3) is 11.5 Å². The van der Waals surface area contributed by atoms with Crippen LogP contribution in [0.3, 0.4) is 0 Å². The first-order valence-corrected chi connectivity index (χ1v) is 11.0. The normalized spacial score (nSPS) is 11.3. The predicted molar refractivity (Wildman–Crippen MR) is 133 cm³/mol. The van der Waals surface area contributed by atoms with Gasteiger partial charge in [0.15, 0.2) is 11.6 Å². The third-order valence-electron chi connectivity index (χ3n) is 5.53. The van der Waals surface area contributed by atoms with Gasteiger partial charge in [0, 0.05) is 28.7 Å². The molecule has 0 saturated heterocycles. The quantitative estimate of drug-likeness (QED) is 0.185. The van der Waals surface area contributed by atoms with Crippen molar-refractivity contribution in [1.82, 2.24) is 4.57 Å². The van der Waals surface area contributed by atoms with E-state index in [-0.39, 0.29) is 39.8 Å². The second-order valence-electron chi connectivity index (χ2n) is 8.07. The first kappa shape index (κ1) is 25.1. The smallest absolute Gasteiger partial charge is 0.268 e. The van der Waals surface area contributed by atoms with Crippen molar-refractivity contribution in [2.75, 3.05) is 5.32 Å². The van der Waals surface area contributed by atoms with Crippen molar-refractivity contribution in [3.63, 3.8) is 0 Å². The molecule has 0 bridgehead atoms. The van der Waals surface area contributed by atoms with E-state index >= 15 is 0 Å². The molecule has 37 heavy (non-hydrogen) atoms. The highest BCUT2D eigenvalue weighted by atomic mass is 19.1. The monoisotopic (exact) mass is 505 g/mol. The van der Waals surface area contributed by atoms with Crippen LogP contribution >= 0.6 is 0 Å². The molecule has 0 unspecified atom stereocenters. The van der Waals surface area contributed by atoms with E-state index in [1.807, 2.05) is 0 Å². The molecule has 0 spiro atoms. The van der Waals surface area contributed by atoms with Crippen LogP contribution in [0.2, 0.25) is 0 Å². The SMILES string of the molecule is C/C(=N\O)c1cc(Oc2ccc(NC(=O)c3ccc(C)n(-c4ccc(F)cc4)c3=O)cc2F)ccc1O. The van der Waals surface area contributed by atoms with Crippen LogP contribution in [0.25, 0.3) is 5.69 Å². The third kappa shape index (κ3) is 5.32. The summed E-state index contributed by atoms with van der Waals surface area (Å²) in [5.41, 5.74) is 0.549. The van der Waals surface area contributed by atoms with Crippen molar-refractivity contribution in [2.24, 2.45) is 5.16 Å². The Bertz CT molecular complexity index is 1580. The number of aromatic hydroxyl groups is 1. The fraction of sp³-hybridized carbons (Fsp3) is 0.0741. The first-order valence-electron chi connectivity index (χ1n) is 11.0. The summed E-state index contributed by atoms with van der Waals surface area (Å²) in [4.78, 5) is 25.9. The molecule has 4 aromatic rings. The topological polar surface area (TPSA) is 113 Å². The average Bonchev–Trinajstić information content (AvgIpc) is 2.87. The van der Waals surface area contributed by atoms with Gasteiger partial charge in [-0.15, -0.1) is 0 Å². The summed E-state index contributed by atoms with van der Waals surface area (Å²) in [6.07, 6.45) is 0. The van der Waals surface area contributed by atoms with Gasteiger partial charge in [0.1, 0.15) is 22.9 Å². The number of nitrogens with one attached hydrogen (secondary N) is 1. The predicted octanol–water partition coefficient (Wildman–Crippen LogP) is 5.37. The van der Waals surface area contributed by atoms with Crippen LogP contribution in [0.15, 0.2) is 82.7 Å². The molecule has 3 N–H and O–H groups in total. The maximum atomic E-state index is 14.8. The van der Waals surface area contributed by atoms with Gasteiger partial charge in [0.2, 0.25) is 0 Å². The molecule has 0 aliphatic heterocycles. The number of benzene rings is 3. The van der Waals surface area contributed by atoms with Crippen LogP contribution in [0.5, 0.6) is 17.2 Å². The molecule has 0 atom stereocenters. The van der Waals surface area contributed by atoms with Crippen molar-refractivity contribution in [1.29, 1.82) is 0 Å². The number of carbonyl (C=O) groups excluding carboxylic acids is 1. The molecule has 188 valence electrons. The fourth-order valence-corrected chi connectivity index (χ4v) is 3.62. The Labute approximate surface area is 209 Å². The molecule has 0 fully saturated rings. The number of pyridine rings is 1. The lowest BCUT2D eigenvalue weighted by Crippen LogP contribution is -2.29. The van der Waals surface area contributed by atoms with Crippen molar-refractivity contribution in [3.05, 3.63) is 112 Å². The van der Waals surface area contributed by atoms with Gasteiger partial charge in [-0.1, -0.05) is 5.16 Å². The number of phenolic OH excluding ortho intramolecular Hbond substituents is 1. The Kier molecular flexibility index (Phi) is 7.01. The Morgan fingerprint density at radius 2 is 1.70 bits per heavy atom. The summed E-state index contributed by atoms with van der Waals surface area (Å²) < 4.78 is 34.9. The number of amides is 1. The number of ether oxygens (including phenoxy) is 1. The summed E-state index contributed by atoms with van der Waals surface area (Å²) in [7, 11) is 0. The minimum atomic E-state index is -0.799. The van der Waals surface area contributed by atoms with Gasteiger partial charge in [-0.2, -0.15) is 0 Å². The van der Waals surface area contributed by atoms with Gasteiger partial charge >= 0.3 is 0 Å². The summed E-state index contributed by atoms with van der Waals surface area (Å²) in [5, 5.41) is 24.4. The number of anilines is 1. The zero-order valence-electron chi connectivity index (χ0n) is 19.7. The summed E-state index contributed by atoms with van der Waals surface area (Å²) in [6.45, 7) is 3.15. The molecule has 1 heterocycles. The lowest BCUT2D eigenvalue weighted by atomic mass is 10.1. The van der Waals surface area contributed by atoms with E-state index in [9.17, 15) is 23.5 Å². The minimum absolute atomic E-state index is 0.0813. The third-order valence-corrected chi connectivity index (χ3v) is 5.53. The van der Waals surface area contributed by atoms with Crippen LogP contribution in [0.4, 0.5) is 14.5 Å². The zero-order chi connectivity index (χ0) is 26.7. The lowest BCUT2D eigenvalue weighted by molar-refractivity contribution is 0.102. The van der Waals surface area contributed by atoms with E-state index in [1.54, 1.807) is 13.0 Å². The largest absolute Gasteiger partial charge is 0.507 e. The number of halogens is 2. The van der Waals surface area contributed by atoms with E-state index in [0.717, 1.165) is 6.07 Å². The van der Waals surface area contributed by atoms with E-state index in [2.05, 4.69) is 10.5 Å². The Balaban J connectivity index is 1.56. The number of aromatic nitrogens is 1. The molecule has 10 heteroatoms. The van der Waals surface area contributed by atoms with Crippen LogP contribution in [0, 0.1) is 18.6 Å². The number of oxime groups is 1.